The maximum atomic E-state index is 11.2. The third-order valence-corrected chi connectivity index (χ3v) is 4.45. The Morgan fingerprint density at radius 2 is 1.27 bits per heavy atom. The third kappa shape index (κ3) is 13.3. The van der Waals surface area contributed by atoms with Gasteiger partial charge < -0.3 is 0 Å². The van der Waals surface area contributed by atoms with Gasteiger partial charge in [-0.2, -0.15) is 0 Å². The molecule has 0 atom stereocenters. The van der Waals surface area contributed by atoms with E-state index in [0.717, 1.165) is 31.8 Å². The van der Waals surface area contributed by atoms with Gasteiger partial charge in [0.15, 0.2) is 6.29 Å². The van der Waals surface area contributed by atoms with E-state index in [2.05, 4.69) is 0 Å². The fourth-order valence-electron chi connectivity index (χ4n) is 2.70. The summed E-state index contributed by atoms with van der Waals surface area (Å²) in [5.41, 5.74) is -0.539. The maximum Gasteiger partial charge on any atom is 0.246 e. The lowest BCUT2D eigenvalue weighted by atomic mass is 10.1. The molecule has 0 unspecified atom stereocenters. The van der Waals surface area contributed by atoms with E-state index in [0.29, 0.717) is 32.1 Å². The first-order valence-corrected chi connectivity index (χ1v) is 10.2. The summed E-state index contributed by atoms with van der Waals surface area (Å²) in [6.07, 6.45) is 11.6. The van der Waals surface area contributed by atoms with Gasteiger partial charge in [0.1, 0.15) is 0 Å². The molecule has 0 aliphatic heterocycles. The number of unbranched alkanes of at least 4 members (excludes halogenated alkanes) is 7. The molecule has 0 aliphatic carbocycles. The van der Waals surface area contributed by atoms with E-state index < -0.39 is 14.8 Å². The highest BCUT2D eigenvalue weighted by Gasteiger charge is 2.17. The lowest BCUT2D eigenvalue weighted by Crippen LogP contribution is -2.04. The number of hydrogen-bond donors (Lipinski definition) is 0. The quantitative estimate of drug-likeness (QED) is 0.165. The first-order valence-electron chi connectivity index (χ1n) is 10.2. The van der Waals surface area contributed by atoms with Crippen molar-refractivity contribution >= 4 is 6.29 Å². The summed E-state index contributed by atoms with van der Waals surface area (Å²) in [4.78, 5) is 41.9. The molecule has 0 rings (SSSR count). The Bertz CT molecular complexity index is 669. The topological polar surface area (TPSA) is 146 Å². The smallest absolute Gasteiger partial charge is 0.246 e. The van der Waals surface area contributed by atoms with Crippen molar-refractivity contribution in [1.82, 2.24) is 0 Å². The molecule has 0 fully saturated rings. The summed E-state index contributed by atoms with van der Waals surface area (Å²) in [7, 11) is 0. The Labute approximate surface area is 176 Å². The third-order valence-electron chi connectivity index (χ3n) is 4.45. The largest absolute Gasteiger partial charge is 0.291 e. The molecule has 0 aromatic rings. The van der Waals surface area contributed by atoms with Crippen molar-refractivity contribution in [1.29, 1.82) is 0 Å². The van der Waals surface area contributed by atoms with Gasteiger partial charge in [-0.05, 0) is 43.9 Å². The molecule has 0 saturated carbocycles. The van der Waals surface area contributed by atoms with Crippen LogP contribution in [0.3, 0.4) is 0 Å². The predicted octanol–water partition coefficient (Wildman–Crippen LogP) is 5.28. The number of hydrogen-bond acceptors (Lipinski definition) is 7. The van der Waals surface area contributed by atoms with Gasteiger partial charge in [-0.15, -0.1) is 0 Å². The van der Waals surface area contributed by atoms with Gasteiger partial charge in [0, 0.05) is 12.8 Å². The average molecular weight is 424 g/mol. The molecule has 0 heterocycles. The van der Waals surface area contributed by atoms with Crippen LogP contribution in [0.1, 0.15) is 84.0 Å². The van der Waals surface area contributed by atoms with Crippen molar-refractivity contribution in [3.63, 3.8) is 0 Å². The normalized spacial score (nSPS) is 12.6. The van der Waals surface area contributed by atoms with E-state index in [1.54, 1.807) is 6.29 Å². The van der Waals surface area contributed by atoms with Crippen LogP contribution in [0, 0.1) is 30.3 Å². The first kappa shape index (κ1) is 27.1. The SMILES string of the molecule is CCCCC/C=C(\C/C=C(\C/C=C(\CCCCCC[C]=O)[N+](=O)[O-])[N+](=O)[O-])[N+](=O)[O-]. The minimum absolute atomic E-state index is 0.114. The zero-order chi connectivity index (χ0) is 22.8. The second-order valence-electron chi connectivity index (χ2n) is 6.82. The highest BCUT2D eigenvalue weighted by atomic mass is 16.6. The minimum Gasteiger partial charge on any atom is -0.291 e. The summed E-state index contributed by atoms with van der Waals surface area (Å²) in [5, 5.41) is 33.5. The van der Waals surface area contributed by atoms with Crippen LogP contribution in [-0.2, 0) is 4.79 Å². The number of rotatable bonds is 18. The highest BCUT2D eigenvalue weighted by Crippen LogP contribution is 2.16. The Balaban J connectivity index is 4.98. The van der Waals surface area contributed by atoms with Gasteiger partial charge >= 0.3 is 0 Å². The van der Waals surface area contributed by atoms with Crippen molar-refractivity contribution in [3.05, 3.63) is 65.7 Å². The van der Waals surface area contributed by atoms with E-state index in [4.69, 9.17) is 0 Å². The van der Waals surface area contributed by atoms with Crippen LogP contribution in [0.25, 0.3) is 0 Å². The molecule has 0 aromatic heterocycles. The minimum atomic E-state index is -0.668. The van der Waals surface area contributed by atoms with Gasteiger partial charge in [0.2, 0.25) is 17.1 Å². The summed E-state index contributed by atoms with van der Waals surface area (Å²) in [5.74, 6) is 0. The molecular weight excluding hydrogens is 394 g/mol. The van der Waals surface area contributed by atoms with Crippen molar-refractivity contribution in [2.24, 2.45) is 0 Å². The second-order valence-corrected chi connectivity index (χ2v) is 6.82. The van der Waals surface area contributed by atoms with Crippen molar-refractivity contribution < 1.29 is 19.6 Å². The van der Waals surface area contributed by atoms with Gasteiger partial charge in [-0.1, -0.05) is 32.6 Å². The summed E-state index contributed by atoms with van der Waals surface area (Å²) < 4.78 is 0. The predicted molar refractivity (Wildman–Crippen MR) is 112 cm³/mol. The van der Waals surface area contributed by atoms with Gasteiger partial charge in [0.25, 0.3) is 0 Å². The Morgan fingerprint density at radius 3 is 1.80 bits per heavy atom. The second kappa shape index (κ2) is 17.0. The molecule has 30 heavy (non-hydrogen) atoms. The Kier molecular flexibility index (Phi) is 15.3. The summed E-state index contributed by atoms with van der Waals surface area (Å²) in [6, 6.07) is 0. The fourth-order valence-corrected chi connectivity index (χ4v) is 2.70. The van der Waals surface area contributed by atoms with E-state index in [1.807, 2.05) is 6.92 Å². The molecular formula is C20H30N3O7. The molecule has 0 aromatic carbocycles. The zero-order valence-electron chi connectivity index (χ0n) is 17.4. The lowest BCUT2D eigenvalue weighted by Gasteiger charge is -2.00. The van der Waals surface area contributed by atoms with Gasteiger partial charge in [-0.3, -0.25) is 35.1 Å². The number of nitro groups is 3. The van der Waals surface area contributed by atoms with E-state index in [-0.39, 0.29) is 36.4 Å². The average Bonchev–Trinajstić information content (AvgIpc) is 2.69. The monoisotopic (exact) mass is 424 g/mol. The highest BCUT2D eigenvalue weighted by molar-refractivity contribution is 5.50. The van der Waals surface area contributed by atoms with Crippen molar-refractivity contribution in [2.45, 2.75) is 84.0 Å². The molecule has 0 amide bonds. The number of allylic oxidation sites excluding steroid dienone is 4. The van der Waals surface area contributed by atoms with Gasteiger partial charge in [0.05, 0.1) is 27.6 Å². The molecule has 0 N–H and O–H groups in total. The molecule has 0 saturated heterocycles. The molecule has 0 aliphatic rings. The Hall–Kier alpha value is -2.91. The molecule has 0 spiro atoms. The molecule has 167 valence electrons. The van der Waals surface area contributed by atoms with Crippen LogP contribution in [0.15, 0.2) is 35.3 Å². The Morgan fingerprint density at radius 1 is 0.733 bits per heavy atom. The molecule has 10 nitrogen and oxygen atoms in total. The number of nitrogens with zero attached hydrogens (tertiary/aromatic N) is 3. The van der Waals surface area contributed by atoms with Crippen LogP contribution in [-0.4, -0.2) is 21.1 Å². The standard InChI is InChI=1S/C20H30N3O7/c1-2-3-4-8-11-18(21(25)26)13-15-20(23(29)30)16-14-19(22(27)28)12-9-6-5-7-10-17-24/h11,14-15H,2-10,12-13,16H2,1H3/b18-11+,19-14+,20-15+. The van der Waals surface area contributed by atoms with Crippen LogP contribution in [0.4, 0.5) is 0 Å². The zero-order valence-corrected chi connectivity index (χ0v) is 17.4. The lowest BCUT2D eigenvalue weighted by molar-refractivity contribution is -0.434. The van der Waals surface area contributed by atoms with E-state index in [1.165, 1.54) is 12.2 Å². The molecule has 10 heteroatoms. The summed E-state index contributed by atoms with van der Waals surface area (Å²) >= 11 is 0. The van der Waals surface area contributed by atoms with E-state index in [9.17, 15) is 35.1 Å². The molecule has 1 radical (unpaired) electrons. The fraction of sp³-hybridized carbons (Fsp3) is 0.650. The van der Waals surface area contributed by atoms with E-state index >= 15 is 0 Å². The van der Waals surface area contributed by atoms with Crippen LogP contribution >= 0.6 is 0 Å². The molecule has 0 bridgehead atoms. The number of carbonyl (C=O) groups excluding carboxylic acids is 1. The maximum absolute atomic E-state index is 11.2. The first-order chi connectivity index (χ1) is 14.3. The van der Waals surface area contributed by atoms with Crippen LogP contribution in [0.5, 0.6) is 0 Å². The van der Waals surface area contributed by atoms with Gasteiger partial charge in [-0.25, -0.2) is 0 Å². The van der Waals surface area contributed by atoms with Crippen LogP contribution in [0.2, 0.25) is 0 Å². The van der Waals surface area contributed by atoms with Crippen LogP contribution < -0.4 is 0 Å². The van der Waals surface area contributed by atoms with Crippen molar-refractivity contribution in [3.8, 4) is 0 Å². The van der Waals surface area contributed by atoms with Crippen molar-refractivity contribution in [2.75, 3.05) is 0 Å². The summed E-state index contributed by atoms with van der Waals surface area (Å²) in [6.45, 7) is 2.02.